The number of ether oxygens (including phenoxy) is 1. The molecule has 2 aromatic carbocycles. The zero-order chi connectivity index (χ0) is 24.4. The van der Waals surface area contributed by atoms with Crippen LogP contribution in [0, 0.1) is 11.3 Å². The summed E-state index contributed by atoms with van der Waals surface area (Å²) < 4.78 is 5.66. The Morgan fingerprint density at radius 1 is 1.03 bits per heavy atom. The fourth-order valence-electron chi connectivity index (χ4n) is 7.12. The van der Waals surface area contributed by atoms with Gasteiger partial charge in [0.1, 0.15) is 12.1 Å². The molecular formula is C28H30N2O5. The van der Waals surface area contributed by atoms with Gasteiger partial charge in [-0.15, -0.1) is 0 Å². The molecule has 3 aliphatic carbocycles. The van der Waals surface area contributed by atoms with Crippen LogP contribution in [-0.2, 0) is 14.3 Å². The average molecular weight is 475 g/mol. The first-order valence-electron chi connectivity index (χ1n) is 12.5. The summed E-state index contributed by atoms with van der Waals surface area (Å²) in [6.07, 6.45) is 2.46. The molecule has 7 rings (SSSR count). The lowest BCUT2D eigenvalue weighted by molar-refractivity contribution is -0.161. The van der Waals surface area contributed by atoms with Crippen LogP contribution in [0.3, 0.4) is 0 Å². The molecule has 2 bridgehead atoms. The van der Waals surface area contributed by atoms with Gasteiger partial charge in [-0.2, -0.15) is 0 Å². The van der Waals surface area contributed by atoms with Crippen molar-refractivity contribution in [2.75, 3.05) is 13.2 Å². The normalized spacial score (nSPS) is 30.4. The number of hydrogen-bond donors (Lipinski definition) is 2. The number of rotatable bonds is 5. The first-order valence-corrected chi connectivity index (χ1v) is 12.5. The summed E-state index contributed by atoms with van der Waals surface area (Å²) in [5.41, 5.74) is 3.59. The number of carboxylic acid groups (broad SMARTS) is 1. The topological polar surface area (TPSA) is 95.9 Å². The van der Waals surface area contributed by atoms with E-state index in [2.05, 4.69) is 36.5 Å². The third-order valence-electron chi connectivity index (χ3n) is 8.61. The van der Waals surface area contributed by atoms with E-state index in [0.717, 1.165) is 11.1 Å². The first-order chi connectivity index (χ1) is 16.8. The number of amides is 2. The molecule has 2 aliphatic heterocycles. The zero-order valence-corrected chi connectivity index (χ0v) is 19.8. The highest BCUT2D eigenvalue weighted by Gasteiger charge is 2.69. The van der Waals surface area contributed by atoms with Gasteiger partial charge in [0.15, 0.2) is 0 Å². The van der Waals surface area contributed by atoms with Crippen LogP contribution < -0.4 is 5.32 Å². The van der Waals surface area contributed by atoms with Gasteiger partial charge >= 0.3 is 12.1 Å². The van der Waals surface area contributed by atoms with Crippen LogP contribution in [0.2, 0.25) is 0 Å². The minimum Gasteiger partial charge on any atom is -0.479 e. The van der Waals surface area contributed by atoms with Crippen LogP contribution in [0.25, 0.3) is 11.1 Å². The molecule has 0 aromatic heterocycles. The minimum atomic E-state index is -1.02. The van der Waals surface area contributed by atoms with Crippen molar-refractivity contribution in [1.82, 2.24) is 10.2 Å². The van der Waals surface area contributed by atoms with E-state index < -0.39 is 17.6 Å². The number of benzene rings is 2. The number of aliphatic carboxylic acids is 1. The van der Waals surface area contributed by atoms with E-state index in [4.69, 9.17) is 4.74 Å². The predicted molar refractivity (Wildman–Crippen MR) is 129 cm³/mol. The molecule has 7 heteroatoms. The summed E-state index contributed by atoms with van der Waals surface area (Å²) in [7, 11) is 0. The minimum absolute atomic E-state index is 0.00119. The smallest absolute Gasteiger partial charge is 0.407 e. The van der Waals surface area contributed by atoms with Gasteiger partial charge in [0.05, 0.1) is 0 Å². The highest BCUT2D eigenvalue weighted by Crippen LogP contribution is 2.59. The van der Waals surface area contributed by atoms with E-state index in [1.165, 1.54) is 11.1 Å². The van der Waals surface area contributed by atoms with Gasteiger partial charge in [0, 0.05) is 24.4 Å². The molecule has 2 heterocycles. The van der Waals surface area contributed by atoms with Gasteiger partial charge in [0.2, 0.25) is 5.91 Å². The summed E-state index contributed by atoms with van der Waals surface area (Å²) >= 11 is 0. The van der Waals surface area contributed by atoms with Gasteiger partial charge < -0.3 is 20.1 Å². The van der Waals surface area contributed by atoms with Gasteiger partial charge in [-0.05, 0) is 59.8 Å². The molecule has 2 aromatic rings. The lowest BCUT2D eigenvalue weighted by Crippen LogP contribution is -2.57. The van der Waals surface area contributed by atoms with Gasteiger partial charge in [-0.1, -0.05) is 55.5 Å². The molecule has 182 valence electrons. The van der Waals surface area contributed by atoms with Crippen LogP contribution >= 0.6 is 0 Å². The SMILES string of the molecule is CC12CN(C(=O)C3CCC(NC(=O)OCC4c5ccccc5-c5ccccc54)C3)C(C(=O)O)(C1)C2. The van der Waals surface area contributed by atoms with Crippen LogP contribution in [0.5, 0.6) is 0 Å². The molecule has 2 unspecified atom stereocenters. The second kappa shape index (κ2) is 7.83. The van der Waals surface area contributed by atoms with Gasteiger partial charge in [-0.25, -0.2) is 9.59 Å². The second-order valence-corrected chi connectivity index (χ2v) is 11.1. The van der Waals surface area contributed by atoms with E-state index in [-0.39, 0.29) is 35.8 Å². The highest BCUT2D eigenvalue weighted by molar-refractivity contribution is 5.91. The molecule has 0 radical (unpaired) electrons. The molecule has 5 aliphatic rings. The van der Waals surface area contributed by atoms with Crippen molar-refractivity contribution in [3.8, 4) is 11.1 Å². The Morgan fingerprint density at radius 2 is 1.66 bits per heavy atom. The Kier molecular flexibility index (Phi) is 4.95. The van der Waals surface area contributed by atoms with Crippen LogP contribution in [0.4, 0.5) is 4.79 Å². The summed E-state index contributed by atoms with van der Waals surface area (Å²) in [5.74, 6) is -1.23. The lowest BCUT2D eigenvalue weighted by Gasteiger charge is -2.43. The fourth-order valence-corrected chi connectivity index (χ4v) is 7.12. The number of hydrogen-bond acceptors (Lipinski definition) is 4. The summed E-state index contributed by atoms with van der Waals surface area (Å²) in [5, 5.41) is 12.7. The third-order valence-corrected chi connectivity index (χ3v) is 8.61. The highest BCUT2D eigenvalue weighted by atomic mass is 16.5. The maximum Gasteiger partial charge on any atom is 0.407 e. The number of carboxylic acids is 1. The van der Waals surface area contributed by atoms with Gasteiger partial charge in [0.25, 0.3) is 0 Å². The third kappa shape index (κ3) is 3.43. The Bertz CT molecular complexity index is 1170. The van der Waals surface area contributed by atoms with Crippen molar-refractivity contribution < 1.29 is 24.2 Å². The quantitative estimate of drug-likeness (QED) is 0.679. The number of alkyl carbamates (subject to hydrolysis) is 1. The van der Waals surface area contributed by atoms with Crippen molar-refractivity contribution >= 4 is 18.0 Å². The Labute approximate surface area is 204 Å². The monoisotopic (exact) mass is 474 g/mol. The second-order valence-electron chi connectivity index (χ2n) is 11.1. The first kappa shape index (κ1) is 22.1. The molecule has 4 fully saturated rings. The molecule has 2 saturated carbocycles. The van der Waals surface area contributed by atoms with Crippen LogP contribution in [0.15, 0.2) is 48.5 Å². The molecule has 7 nitrogen and oxygen atoms in total. The van der Waals surface area contributed by atoms with E-state index in [1.54, 1.807) is 4.90 Å². The van der Waals surface area contributed by atoms with Crippen molar-refractivity contribution in [1.29, 1.82) is 0 Å². The van der Waals surface area contributed by atoms with Gasteiger partial charge in [-0.3, -0.25) is 4.79 Å². The summed E-state index contributed by atoms with van der Waals surface area (Å²) in [4.78, 5) is 39.4. The standard InChI is InChI=1S/C28H30N2O5/c1-27-14-28(15-27,25(32)33)30(16-27)24(31)17-10-11-18(12-17)29-26(34)35-13-23-21-8-4-2-6-19(21)20-7-3-5-9-22(20)23/h2-9,17-18,23H,10-16H2,1H3,(H,29,34)(H,32,33). The molecule has 2 saturated heterocycles. The van der Waals surface area contributed by atoms with E-state index in [9.17, 15) is 19.5 Å². The van der Waals surface area contributed by atoms with E-state index in [1.807, 2.05) is 24.3 Å². The largest absolute Gasteiger partial charge is 0.479 e. The molecular weight excluding hydrogens is 444 g/mol. The molecule has 35 heavy (non-hydrogen) atoms. The van der Waals surface area contributed by atoms with Crippen molar-refractivity contribution in [2.45, 2.75) is 56.5 Å². The average Bonchev–Trinajstić information content (AvgIpc) is 3.56. The number of nitrogens with zero attached hydrogens (tertiary/aromatic N) is 1. The lowest BCUT2D eigenvalue weighted by atomic mass is 9.63. The van der Waals surface area contributed by atoms with Crippen molar-refractivity contribution in [3.05, 3.63) is 59.7 Å². The van der Waals surface area contributed by atoms with E-state index in [0.29, 0.717) is 38.6 Å². The zero-order valence-electron chi connectivity index (χ0n) is 19.8. The van der Waals surface area contributed by atoms with Crippen LogP contribution in [0.1, 0.15) is 56.1 Å². The summed E-state index contributed by atoms with van der Waals surface area (Å²) in [6.45, 7) is 2.82. The molecule has 0 spiro atoms. The number of carbonyl (C=O) groups excluding carboxylic acids is 2. The summed E-state index contributed by atoms with van der Waals surface area (Å²) in [6, 6.07) is 16.3. The molecule has 2 amide bonds. The Balaban J connectivity index is 1.05. The number of fused-ring (bicyclic) bond motifs is 4. The Morgan fingerprint density at radius 3 is 2.29 bits per heavy atom. The number of carbonyl (C=O) groups is 3. The Hall–Kier alpha value is -3.35. The van der Waals surface area contributed by atoms with Crippen molar-refractivity contribution in [2.24, 2.45) is 11.3 Å². The number of nitrogens with one attached hydrogen (secondary N) is 1. The van der Waals surface area contributed by atoms with Crippen LogP contribution in [-0.4, -0.2) is 52.7 Å². The van der Waals surface area contributed by atoms with Crippen molar-refractivity contribution in [3.63, 3.8) is 0 Å². The molecule has 2 N–H and O–H groups in total. The maximum atomic E-state index is 13.2. The molecule has 2 atom stereocenters. The van der Waals surface area contributed by atoms with E-state index >= 15 is 0 Å². The predicted octanol–water partition coefficient (Wildman–Crippen LogP) is 4.16. The fraction of sp³-hybridized carbons (Fsp3) is 0.464. The maximum absolute atomic E-state index is 13.2.